The largest absolute Gasteiger partial charge is 0.352 e. The third kappa shape index (κ3) is 3.23. The van der Waals surface area contributed by atoms with Gasteiger partial charge in [-0.05, 0) is 25.0 Å². The predicted molar refractivity (Wildman–Crippen MR) is 61.8 cm³/mol. The maximum atomic E-state index is 13.0. The second kappa shape index (κ2) is 5.23. The molecule has 4 nitrogen and oxygen atoms in total. The number of carbonyl (C=O) groups is 1. The van der Waals surface area contributed by atoms with Gasteiger partial charge >= 0.3 is 0 Å². The molecule has 2 atom stereocenters. The molecule has 2 unspecified atom stereocenters. The maximum Gasteiger partial charge on any atom is 0.220 e. The highest BCUT2D eigenvalue weighted by atomic mass is 19.1. The van der Waals surface area contributed by atoms with Crippen LogP contribution >= 0.6 is 0 Å². The van der Waals surface area contributed by atoms with E-state index >= 15 is 0 Å². The van der Waals surface area contributed by atoms with Crippen LogP contribution in [0, 0.1) is 5.82 Å². The van der Waals surface area contributed by atoms with E-state index in [-0.39, 0.29) is 23.8 Å². The number of hydrogen-bond donors (Lipinski definition) is 2. The van der Waals surface area contributed by atoms with Crippen molar-refractivity contribution in [2.45, 2.75) is 31.8 Å². The van der Waals surface area contributed by atoms with Crippen molar-refractivity contribution in [3.8, 4) is 0 Å². The van der Waals surface area contributed by atoms with E-state index in [0.29, 0.717) is 13.0 Å². The second-order valence-electron chi connectivity index (χ2n) is 4.37. The first-order valence-electron chi connectivity index (χ1n) is 5.78. The van der Waals surface area contributed by atoms with Crippen molar-refractivity contribution in [3.63, 3.8) is 0 Å². The van der Waals surface area contributed by atoms with Crippen LogP contribution < -0.4 is 10.6 Å². The average Bonchev–Trinajstić information content (AvgIpc) is 2.72. The normalized spacial score (nSPS) is 21.3. The molecule has 0 saturated carbocycles. The molecule has 92 valence electrons. The number of nitrogens with one attached hydrogen (secondary N) is 2. The lowest BCUT2D eigenvalue weighted by Gasteiger charge is -2.17. The van der Waals surface area contributed by atoms with Crippen LogP contribution in [0.4, 0.5) is 4.39 Å². The fraction of sp³-hybridized carbons (Fsp3) is 0.500. The Hall–Kier alpha value is -1.49. The lowest BCUT2D eigenvalue weighted by Crippen LogP contribution is -2.36. The molecule has 2 N–H and O–H groups in total. The molecular weight excluding hydrogens is 221 g/mol. The molecule has 2 heterocycles. The Morgan fingerprint density at radius 3 is 3.12 bits per heavy atom. The van der Waals surface area contributed by atoms with E-state index in [1.807, 2.05) is 6.92 Å². The summed E-state index contributed by atoms with van der Waals surface area (Å²) >= 11 is 0. The first-order valence-corrected chi connectivity index (χ1v) is 5.78. The number of carbonyl (C=O) groups excluding carboxylic acids is 1. The van der Waals surface area contributed by atoms with Crippen molar-refractivity contribution in [1.82, 2.24) is 15.6 Å². The molecule has 1 aliphatic rings. The predicted octanol–water partition coefficient (Wildman–Crippen LogP) is 1.15. The second-order valence-corrected chi connectivity index (χ2v) is 4.37. The zero-order chi connectivity index (χ0) is 12.3. The summed E-state index contributed by atoms with van der Waals surface area (Å²) in [5.74, 6) is -0.220. The van der Waals surface area contributed by atoms with Crippen LogP contribution in [-0.4, -0.2) is 23.5 Å². The molecule has 0 aromatic carbocycles. The molecule has 0 radical (unpaired) electrons. The van der Waals surface area contributed by atoms with Gasteiger partial charge in [-0.1, -0.05) is 0 Å². The molecule has 0 spiro atoms. The Morgan fingerprint density at radius 2 is 2.47 bits per heavy atom. The van der Waals surface area contributed by atoms with Crippen LogP contribution in [0.1, 0.15) is 31.4 Å². The van der Waals surface area contributed by atoms with E-state index in [0.717, 1.165) is 12.0 Å². The minimum atomic E-state index is -0.328. The van der Waals surface area contributed by atoms with E-state index < -0.39 is 0 Å². The highest BCUT2D eigenvalue weighted by Crippen LogP contribution is 2.13. The smallest absolute Gasteiger partial charge is 0.220 e. The molecule has 17 heavy (non-hydrogen) atoms. The number of aromatic nitrogens is 1. The molecule has 1 fully saturated rings. The molecule has 2 rings (SSSR count). The molecule has 0 bridgehead atoms. The maximum absolute atomic E-state index is 13.0. The summed E-state index contributed by atoms with van der Waals surface area (Å²) < 4.78 is 13.0. The number of amides is 1. The number of nitrogens with zero attached hydrogens (tertiary/aromatic N) is 1. The standard InChI is InChI=1S/C12H16FN3O/c1-8(9-4-10(13)6-14-5-9)15-7-11-2-3-12(17)16-11/h4-6,8,11,15H,2-3,7H2,1H3,(H,16,17). The van der Waals surface area contributed by atoms with E-state index in [1.165, 1.54) is 12.3 Å². The topological polar surface area (TPSA) is 54.0 Å². The molecule has 1 amide bonds. The zero-order valence-electron chi connectivity index (χ0n) is 9.74. The third-order valence-corrected chi connectivity index (χ3v) is 2.98. The van der Waals surface area contributed by atoms with E-state index in [1.54, 1.807) is 6.20 Å². The van der Waals surface area contributed by atoms with Crippen molar-refractivity contribution in [2.24, 2.45) is 0 Å². The minimum absolute atomic E-state index is 0.0238. The number of rotatable bonds is 4. The third-order valence-electron chi connectivity index (χ3n) is 2.98. The van der Waals surface area contributed by atoms with Crippen molar-refractivity contribution < 1.29 is 9.18 Å². The van der Waals surface area contributed by atoms with E-state index in [4.69, 9.17) is 0 Å². The molecule has 1 saturated heterocycles. The van der Waals surface area contributed by atoms with Gasteiger partial charge in [0.15, 0.2) is 0 Å². The van der Waals surface area contributed by atoms with Gasteiger partial charge in [0.2, 0.25) is 5.91 Å². The van der Waals surface area contributed by atoms with E-state index in [9.17, 15) is 9.18 Å². The van der Waals surface area contributed by atoms with Crippen molar-refractivity contribution in [3.05, 3.63) is 29.8 Å². The molecule has 5 heteroatoms. The highest BCUT2D eigenvalue weighted by Gasteiger charge is 2.20. The molecule has 1 aromatic rings. The lowest BCUT2D eigenvalue weighted by molar-refractivity contribution is -0.119. The SMILES string of the molecule is CC(NCC1CCC(=O)N1)c1cncc(F)c1. The summed E-state index contributed by atoms with van der Waals surface area (Å²) in [5, 5.41) is 6.15. The lowest BCUT2D eigenvalue weighted by atomic mass is 10.1. The molecule has 1 aromatic heterocycles. The van der Waals surface area contributed by atoms with Crippen molar-refractivity contribution in [1.29, 1.82) is 0 Å². The van der Waals surface area contributed by atoms with Crippen LogP contribution in [0.2, 0.25) is 0 Å². The molecular formula is C12H16FN3O. The Morgan fingerprint density at radius 1 is 1.65 bits per heavy atom. The first kappa shape index (κ1) is 12.0. The number of pyridine rings is 1. The monoisotopic (exact) mass is 237 g/mol. The summed E-state index contributed by atoms with van der Waals surface area (Å²) in [6.07, 6.45) is 4.30. The summed E-state index contributed by atoms with van der Waals surface area (Å²) in [6, 6.07) is 1.68. The van der Waals surface area contributed by atoms with Crippen LogP contribution in [-0.2, 0) is 4.79 Å². The highest BCUT2D eigenvalue weighted by molar-refractivity contribution is 5.78. The van der Waals surface area contributed by atoms with Crippen LogP contribution in [0.5, 0.6) is 0 Å². The fourth-order valence-electron chi connectivity index (χ4n) is 1.93. The van der Waals surface area contributed by atoms with Crippen molar-refractivity contribution >= 4 is 5.91 Å². The Kier molecular flexibility index (Phi) is 3.68. The van der Waals surface area contributed by atoms with Gasteiger partial charge in [-0.3, -0.25) is 9.78 Å². The first-order chi connectivity index (χ1) is 8.15. The summed E-state index contributed by atoms with van der Waals surface area (Å²) in [7, 11) is 0. The molecule has 1 aliphatic heterocycles. The van der Waals surface area contributed by atoms with Crippen molar-refractivity contribution in [2.75, 3.05) is 6.54 Å². The van der Waals surface area contributed by atoms with Gasteiger partial charge in [-0.15, -0.1) is 0 Å². The Bertz CT molecular complexity index is 410. The summed E-state index contributed by atoms with van der Waals surface area (Å²) in [5.41, 5.74) is 0.814. The molecule has 0 aliphatic carbocycles. The van der Waals surface area contributed by atoms with Crippen LogP contribution in [0.25, 0.3) is 0 Å². The van der Waals surface area contributed by atoms with Gasteiger partial charge < -0.3 is 10.6 Å². The van der Waals surface area contributed by atoms with Crippen LogP contribution in [0.15, 0.2) is 18.5 Å². The Balaban J connectivity index is 1.85. The van der Waals surface area contributed by atoms with Gasteiger partial charge in [0.1, 0.15) is 5.82 Å². The van der Waals surface area contributed by atoms with Crippen LogP contribution in [0.3, 0.4) is 0 Å². The summed E-state index contributed by atoms with van der Waals surface area (Å²) in [6.45, 7) is 2.65. The minimum Gasteiger partial charge on any atom is -0.352 e. The quantitative estimate of drug-likeness (QED) is 0.826. The Labute approximate surface area is 99.6 Å². The average molecular weight is 237 g/mol. The number of hydrogen-bond acceptors (Lipinski definition) is 3. The zero-order valence-corrected chi connectivity index (χ0v) is 9.74. The van der Waals surface area contributed by atoms with E-state index in [2.05, 4.69) is 15.6 Å². The fourth-order valence-corrected chi connectivity index (χ4v) is 1.93. The van der Waals surface area contributed by atoms with Gasteiger partial charge in [-0.2, -0.15) is 0 Å². The number of halogens is 1. The van der Waals surface area contributed by atoms with Gasteiger partial charge in [0.05, 0.1) is 6.20 Å². The summed E-state index contributed by atoms with van der Waals surface area (Å²) in [4.78, 5) is 14.8. The van der Waals surface area contributed by atoms with Gasteiger partial charge in [0, 0.05) is 31.2 Å². The van der Waals surface area contributed by atoms with Gasteiger partial charge in [-0.25, -0.2) is 4.39 Å². The van der Waals surface area contributed by atoms with Gasteiger partial charge in [0.25, 0.3) is 0 Å².